The molecule has 1 aromatic carbocycles. The van der Waals surface area contributed by atoms with Crippen LogP contribution < -0.4 is 5.56 Å². The maximum Gasteiger partial charge on any atom is 0.279 e. The van der Waals surface area contributed by atoms with Crippen molar-refractivity contribution in [3.05, 3.63) is 75.9 Å². The fourth-order valence-electron chi connectivity index (χ4n) is 5.98. The summed E-state index contributed by atoms with van der Waals surface area (Å²) in [7, 11) is 6.11. The number of nitrogens with zero attached hydrogens (tertiary/aromatic N) is 5. The average molecular weight is 457 g/mol. The van der Waals surface area contributed by atoms with E-state index in [1.807, 2.05) is 36.3 Å². The third kappa shape index (κ3) is 3.33. The number of pyridine rings is 1. The number of hydrogen-bond acceptors (Lipinski definition) is 4. The molecule has 34 heavy (non-hydrogen) atoms. The SMILES string of the molecule is CC1CC(c2cccc(-n3cc(C4CC4)c4cc(CN(C)C)[nH]c4c3=O)c2)(c2nncn2C)C1. The highest BCUT2D eigenvalue weighted by atomic mass is 16.1. The average Bonchev–Trinajstić information content (AvgIpc) is 3.40. The second-order valence-electron chi connectivity index (χ2n) is 10.8. The van der Waals surface area contributed by atoms with Gasteiger partial charge < -0.3 is 14.5 Å². The summed E-state index contributed by atoms with van der Waals surface area (Å²) in [4.78, 5) is 19.2. The van der Waals surface area contributed by atoms with E-state index in [4.69, 9.17) is 0 Å². The monoisotopic (exact) mass is 456 g/mol. The molecule has 0 spiro atoms. The molecule has 2 saturated carbocycles. The first-order valence-corrected chi connectivity index (χ1v) is 12.2. The molecule has 7 heteroatoms. The van der Waals surface area contributed by atoms with E-state index in [1.54, 1.807) is 6.33 Å². The van der Waals surface area contributed by atoms with E-state index >= 15 is 0 Å². The summed E-state index contributed by atoms with van der Waals surface area (Å²) in [5, 5.41) is 9.73. The maximum absolute atomic E-state index is 13.7. The Labute approximate surface area is 199 Å². The molecule has 2 aliphatic carbocycles. The molecular weight excluding hydrogens is 424 g/mol. The molecule has 0 bridgehead atoms. The Morgan fingerprint density at radius 3 is 2.65 bits per heavy atom. The van der Waals surface area contributed by atoms with Gasteiger partial charge in [0.2, 0.25) is 0 Å². The Morgan fingerprint density at radius 1 is 1.21 bits per heavy atom. The lowest BCUT2D eigenvalue weighted by molar-refractivity contribution is 0.185. The van der Waals surface area contributed by atoms with Crippen molar-refractivity contribution >= 4 is 10.9 Å². The number of hydrogen-bond donors (Lipinski definition) is 1. The van der Waals surface area contributed by atoms with Gasteiger partial charge in [0.25, 0.3) is 5.56 Å². The summed E-state index contributed by atoms with van der Waals surface area (Å²) in [6.07, 6.45) is 8.32. The fourth-order valence-corrected chi connectivity index (χ4v) is 5.98. The molecule has 0 amide bonds. The summed E-state index contributed by atoms with van der Waals surface area (Å²) in [5.74, 6) is 2.18. The second kappa shape index (κ2) is 7.67. The minimum atomic E-state index is -0.154. The zero-order valence-electron chi connectivity index (χ0n) is 20.4. The van der Waals surface area contributed by atoms with Crippen LogP contribution in [0.1, 0.15) is 61.2 Å². The van der Waals surface area contributed by atoms with Gasteiger partial charge in [0.05, 0.1) is 5.41 Å². The van der Waals surface area contributed by atoms with Crippen LogP contribution in [0.2, 0.25) is 0 Å². The van der Waals surface area contributed by atoms with Crippen LogP contribution in [0.5, 0.6) is 0 Å². The number of nitrogens with one attached hydrogen (secondary N) is 1. The molecular formula is C27H32N6O. The van der Waals surface area contributed by atoms with Crippen molar-refractivity contribution in [3.63, 3.8) is 0 Å². The van der Waals surface area contributed by atoms with Crippen molar-refractivity contribution in [2.45, 2.75) is 50.5 Å². The van der Waals surface area contributed by atoms with Gasteiger partial charge in [0.1, 0.15) is 17.7 Å². The van der Waals surface area contributed by atoms with Gasteiger partial charge in [-0.3, -0.25) is 9.36 Å². The molecule has 1 N–H and O–H groups in total. The molecule has 0 aliphatic heterocycles. The van der Waals surface area contributed by atoms with Crippen molar-refractivity contribution in [1.82, 2.24) is 29.2 Å². The Hall–Kier alpha value is -3.19. The molecule has 0 atom stereocenters. The highest BCUT2D eigenvalue weighted by Crippen LogP contribution is 2.51. The Bertz CT molecular complexity index is 1430. The predicted octanol–water partition coefficient (Wildman–Crippen LogP) is 4.10. The van der Waals surface area contributed by atoms with Crippen LogP contribution in [-0.4, -0.2) is 43.3 Å². The first-order valence-electron chi connectivity index (χ1n) is 12.2. The number of benzene rings is 1. The predicted molar refractivity (Wildman–Crippen MR) is 133 cm³/mol. The van der Waals surface area contributed by atoms with Gasteiger partial charge in [-0.2, -0.15) is 0 Å². The molecule has 7 nitrogen and oxygen atoms in total. The lowest BCUT2D eigenvalue weighted by Crippen LogP contribution is -2.43. The number of aromatic nitrogens is 5. The maximum atomic E-state index is 13.7. The van der Waals surface area contributed by atoms with Gasteiger partial charge >= 0.3 is 0 Å². The van der Waals surface area contributed by atoms with Crippen LogP contribution in [-0.2, 0) is 19.0 Å². The molecule has 2 fully saturated rings. The van der Waals surface area contributed by atoms with Crippen molar-refractivity contribution < 1.29 is 0 Å². The van der Waals surface area contributed by atoms with E-state index in [1.165, 1.54) is 24.0 Å². The third-order valence-electron chi connectivity index (χ3n) is 7.60. The van der Waals surface area contributed by atoms with Crippen LogP contribution in [0.25, 0.3) is 16.6 Å². The van der Waals surface area contributed by atoms with Gasteiger partial charge in [0, 0.05) is 36.6 Å². The summed E-state index contributed by atoms with van der Waals surface area (Å²) in [6, 6.07) is 10.7. The number of aryl methyl sites for hydroxylation is 1. The highest BCUT2D eigenvalue weighted by molar-refractivity contribution is 5.84. The Balaban J connectivity index is 1.50. The fraction of sp³-hybridized carbons (Fsp3) is 0.444. The van der Waals surface area contributed by atoms with Crippen LogP contribution >= 0.6 is 0 Å². The molecule has 3 aromatic heterocycles. The van der Waals surface area contributed by atoms with E-state index in [0.29, 0.717) is 17.4 Å². The lowest BCUT2D eigenvalue weighted by Gasteiger charge is -2.46. The normalized spacial score (nSPS) is 22.4. The number of rotatable bonds is 6. The van der Waals surface area contributed by atoms with Crippen molar-refractivity contribution in [1.29, 1.82) is 0 Å². The first kappa shape index (κ1) is 21.4. The Morgan fingerprint density at radius 2 is 2.00 bits per heavy atom. The molecule has 0 unspecified atom stereocenters. The topological polar surface area (TPSA) is 71.7 Å². The molecule has 176 valence electrons. The third-order valence-corrected chi connectivity index (χ3v) is 7.60. The Kier molecular flexibility index (Phi) is 4.81. The van der Waals surface area contributed by atoms with E-state index < -0.39 is 0 Å². The van der Waals surface area contributed by atoms with Gasteiger partial charge in [0.15, 0.2) is 0 Å². The van der Waals surface area contributed by atoms with E-state index in [0.717, 1.165) is 42.0 Å². The van der Waals surface area contributed by atoms with E-state index in [2.05, 4.69) is 57.5 Å². The largest absolute Gasteiger partial charge is 0.353 e. The first-order chi connectivity index (χ1) is 16.4. The van der Waals surface area contributed by atoms with Crippen LogP contribution in [0.3, 0.4) is 0 Å². The van der Waals surface area contributed by atoms with Gasteiger partial charge in [-0.15, -0.1) is 10.2 Å². The van der Waals surface area contributed by atoms with Gasteiger partial charge in [-0.25, -0.2) is 0 Å². The minimum Gasteiger partial charge on any atom is -0.353 e. The molecule has 0 saturated heterocycles. The second-order valence-corrected chi connectivity index (χ2v) is 10.8. The van der Waals surface area contributed by atoms with Gasteiger partial charge in [-0.05, 0) is 80.9 Å². The van der Waals surface area contributed by atoms with E-state index in [-0.39, 0.29) is 11.0 Å². The summed E-state index contributed by atoms with van der Waals surface area (Å²) in [6.45, 7) is 3.07. The number of H-pyrrole nitrogens is 1. The molecule has 2 aliphatic rings. The van der Waals surface area contributed by atoms with Crippen LogP contribution in [0.4, 0.5) is 0 Å². The summed E-state index contributed by atoms with van der Waals surface area (Å²) in [5.41, 5.74) is 5.05. The summed E-state index contributed by atoms with van der Waals surface area (Å²) < 4.78 is 3.88. The van der Waals surface area contributed by atoms with Gasteiger partial charge in [-0.1, -0.05) is 19.1 Å². The minimum absolute atomic E-state index is 0.0104. The molecule has 0 radical (unpaired) electrons. The quantitative estimate of drug-likeness (QED) is 0.474. The summed E-state index contributed by atoms with van der Waals surface area (Å²) >= 11 is 0. The molecule has 4 aromatic rings. The van der Waals surface area contributed by atoms with E-state index in [9.17, 15) is 4.79 Å². The standard InChI is InChI=1S/C27H32N6O/c1-17-12-27(13-17,26-30-28-16-32(26)4)19-6-5-7-21(10-19)33-15-23(18-8-9-18)22-11-20(14-31(2)3)29-24(22)25(33)34/h5-7,10-11,15-18,29H,8-9,12-14H2,1-4H3. The van der Waals surface area contributed by atoms with Crippen molar-refractivity contribution in [3.8, 4) is 5.69 Å². The molecule has 3 heterocycles. The number of aromatic amines is 1. The lowest BCUT2D eigenvalue weighted by atomic mass is 9.58. The molecule has 6 rings (SSSR count). The number of fused-ring (bicyclic) bond motifs is 1. The van der Waals surface area contributed by atoms with Crippen molar-refractivity contribution in [2.24, 2.45) is 13.0 Å². The zero-order valence-corrected chi connectivity index (χ0v) is 20.4. The van der Waals surface area contributed by atoms with Crippen LogP contribution in [0, 0.1) is 5.92 Å². The van der Waals surface area contributed by atoms with Crippen LogP contribution in [0.15, 0.2) is 47.7 Å². The van der Waals surface area contributed by atoms with Crippen molar-refractivity contribution in [2.75, 3.05) is 14.1 Å². The highest BCUT2D eigenvalue weighted by Gasteiger charge is 2.48. The zero-order chi connectivity index (χ0) is 23.6. The smallest absolute Gasteiger partial charge is 0.279 e.